The minimum atomic E-state index is -0.999. The SMILES string of the molecule is C[C@H]1Cc2cc(/C(O)=C3\C(=O)C(=O)N(c4nnc(SCc5ccc(F)cc5)s4)[C@@H]3c3cccc(OCc4ccccc4)c3)ccc2O1. The van der Waals surface area contributed by atoms with Gasteiger partial charge in [0, 0.05) is 17.7 Å². The molecule has 5 aromatic rings. The second kappa shape index (κ2) is 13.0. The Morgan fingerprint density at radius 1 is 1.00 bits per heavy atom. The van der Waals surface area contributed by atoms with Gasteiger partial charge in [-0.3, -0.25) is 14.5 Å². The number of anilines is 1. The zero-order chi connectivity index (χ0) is 32.5. The minimum absolute atomic E-state index is 0.000807. The maximum Gasteiger partial charge on any atom is 0.301 e. The number of ether oxygens (including phenoxy) is 2. The van der Waals surface area contributed by atoms with Crippen LogP contribution in [0.2, 0.25) is 0 Å². The molecule has 0 radical (unpaired) electrons. The van der Waals surface area contributed by atoms with Crippen LogP contribution in [0.25, 0.3) is 5.76 Å². The van der Waals surface area contributed by atoms with Gasteiger partial charge in [0.15, 0.2) is 4.34 Å². The van der Waals surface area contributed by atoms with E-state index in [4.69, 9.17) is 9.47 Å². The first-order valence-electron chi connectivity index (χ1n) is 14.9. The number of benzene rings is 4. The highest BCUT2D eigenvalue weighted by atomic mass is 32.2. The van der Waals surface area contributed by atoms with E-state index in [1.165, 1.54) is 28.8 Å². The molecule has 2 aliphatic heterocycles. The molecule has 1 amide bonds. The van der Waals surface area contributed by atoms with Crippen LogP contribution in [-0.4, -0.2) is 33.1 Å². The van der Waals surface area contributed by atoms with Crippen molar-refractivity contribution in [2.45, 2.75) is 42.2 Å². The summed E-state index contributed by atoms with van der Waals surface area (Å²) in [5, 5.41) is 20.5. The molecule has 1 aromatic heterocycles. The van der Waals surface area contributed by atoms with Crippen LogP contribution in [0.1, 0.15) is 40.8 Å². The summed E-state index contributed by atoms with van der Waals surface area (Å²) in [6, 6.07) is 27.3. The zero-order valence-electron chi connectivity index (χ0n) is 25.1. The van der Waals surface area contributed by atoms with Gasteiger partial charge >= 0.3 is 5.91 Å². The Labute approximate surface area is 278 Å². The molecule has 8 nitrogen and oxygen atoms in total. The Morgan fingerprint density at radius 2 is 1.81 bits per heavy atom. The summed E-state index contributed by atoms with van der Waals surface area (Å²) in [6.07, 6.45) is 0.664. The van der Waals surface area contributed by atoms with E-state index in [1.54, 1.807) is 54.6 Å². The number of carbonyl (C=O) groups is 2. The molecule has 0 saturated carbocycles. The molecule has 1 saturated heterocycles. The number of aliphatic hydroxyl groups is 1. The number of ketones is 1. The second-order valence-corrected chi connectivity index (χ2v) is 13.4. The fraction of sp³-hybridized carbons (Fsp3) is 0.167. The van der Waals surface area contributed by atoms with Gasteiger partial charge in [0.1, 0.15) is 35.8 Å². The van der Waals surface area contributed by atoms with Gasteiger partial charge in [-0.15, -0.1) is 10.2 Å². The zero-order valence-corrected chi connectivity index (χ0v) is 26.8. The Kier molecular flexibility index (Phi) is 8.48. The molecular weight excluding hydrogens is 638 g/mol. The van der Waals surface area contributed by atoms with E-state index in [1.807, 2.05) is 37.3 Å². The lowest BCUT2D eigenvalue weighted by molar-refractivity contribution is -0.132. The van der Waals surface area contributed by atoms with Crippen molar-refractivity contribution >= 4 is 45.7 Å². The van der Waals surface area contributed by atoms with Crippen molar-refractivity contribution in [1.29, 1.82) is 0 Å². The van der Waals surface area contributed by atoms with Crippen molar-refractivity contribution in [2.24, 2.45) is 0 Å². The highest BCUT2D eigenvalue weighted by Crippen LogP contribution is 2.45. The predicted octanol–water partition coefficient (Wildman–Crippen LogP) is 7.50. The number of aromatic nitrogens is 2. The fourth-order valence-electron chi connectivity index (χ4n) is 5.67. The summed E-state index contributed by atoms with van der Waals surface area (Å²) < 4.78 is 25.8. The van der Waals surface area contributed by atoms with E-state index in [9.17, 15) is 19.1 Å². The summed E-state index contributed by atoms with van der Waals surface area (Å²) in [4.78, 5) is 28.8. The molecule has 2 aliphatic rings. The van der Waals surface area contributed by atoms with Crippen molar-refractivity contribution in [2.75, 3.05) is 4.90 Å². The number of thioether (sulfide) groups is 1. The summed E-state index contributed by atoms with van der Waals surface area (Å²) in [5.74, 6) is -0.477. The van der Waals surface area contributed by atoms with Gasteiger partial charge < -0.3 is 14.6 Å². The number of aliphatic hydroxyl groups excluding tert-OH is 1. The smallest absolute Gasteiger partial charge is 0.301 e. The molecule has 1 fully saturated rings. The van der Waals surface area contributed by atoms with E-state index in [-0.39, 0.29) is 28.4 Å². The first-order valence-corrected chi connectivity index (χ1v) is 16.7. The number of halogens is 1. The molecule has 0 spiro atoms. The topological polar surface area (TPSA) is 102 Å². The third-order valence-electron chi connectivity index (χ3n) is 7.91. The highest BCUT2D eigenvalue weighted by molar-refractivity contribution is 8.00. The summed E-state index contributed by atoms with van der Waals surface area (Å²) in [7, 11) is 0. The molecule has 1 N–H and O–H groups in total. The molecule has 0 aliphatic carbocycles. The van der Waals surface area contributed by atoms with Crippen LogP contribution in [0.4, 0.5) is 9.52 Å². The predicted molar refractivity (Wildman–Crippen MR) is 178 cm³/mol. The van der Waals surface area contributed by atoms with Gasteiger partial charge in [0.2, 0.25) is 5.13 Å². The standard InChI is InChI=1S/C36H28FN3O5S2/c1-21-16-26-17-25(12-15-29(26)45-21)32(41)30-31(24-8-5-9-28(18-24)44-19-22-6-3-2-4-7-22)40(34(43)33(30)42)35-38-39-36(47-35)46-20-23-10-13-27(37)14-11-23/h2-15,17-18,21,31,41H,16,19-20H2,1H3/b32-30+/t21-,31+/m0/s1. The van der Waals surface area contributed by atoms with Crippen molar-refractivity contribution in [1.82, 2.24) is 10.2 Å². The van der Waals surface area contributed by atoms with Gasteiger partial charge in [-0.05, 0) is 71.6 Å². The number of hydrogen-bond acceptors (Lipinski definition) is 9. The summed E-state index contributed by atoms with van der Waals surface area (Å²) in [6.45, 7) is 2.29. The second-order valence-electron chi connectivity index (χ2n) is 11.2. The van der Waals surface area contributed by atoms with E-state index in [0.29, 0.717) is 40.0 Å². The number of hydrogen-bond donors (Lipinski definition) is 1. The van der Waals surface area contributed by atoms with Crippen molar-refractivity contribution in [3.05, 3.63) is 136 Å². The van der Waals surface area contributed by atoms with E-state index in [2.05, 4.69) is 10.2 Å². The maximum absolute atomic E-state index is 13.8. The van der Waals surface area contributed by atoms with E-state index < -0.39 is 17.7 Å². The van der Waals surface area contributed by atoms with Crippen LogP contribution in [0.5, 0.6) is 11.5 Å². The number of amides is 1. The lowest BCUT2D eigenvalue weighted by Crippen LogP contribution is -2.29. The third kappa shape index (κ3) is 6.36. The highest BCUT2D eigenvalue weighted by Gasteiger charge is 2.48. The molecule has 2 atom stereocenters. The maximum atomic E-state index is 13.8. The first kappa shape index (κ1) is 30.6. The number of rotatable bonds is 9. The number of carbonyl (C=O) groups excluding carboxylic acids is 2. The van der Waals surface area contributed by atoms with Crippen LogP contribution < -0.4 is 14.4 Å². The van der Waals surface area contributed by atoms with Gasteiger partial charge in [0.25, 0.3) is 5.78 Å². The van der Waals surface area contributed by atoms with Gasteiger partial charge in [0.05, 0.1) is 11.6 Å². The minimum Gasteiger partial charge on any atom is -0.507 e. The van der Waals surface area contributed by atoms with Crippen molar-refractivity contribution in [3.8, 4) is 11.5 Å². The average molecular weight is 666 g/mol. The Balaban J connectivity index is 1.25. The van der Waals surface area contributed by atoms with Gasteiger partial charge in [-0.25, -0.2) is 4.39 Å². The normalized spacial score (nSPS) is 18.3. The number of nitrogens with zero attached hydrogens (tertiary/aromatic N) is 3. The number of Topliss-reactive ketones (excluding diaryl/α,β-unsaturated/α-hetero) is 1. The molecule has 3 heterocycles. The largest absolute Gasteiger partial charge is 0.507 e. The summed E-state index contributed by atoms with van der Waals surface area (Å²) >= 11 is 2.55. The van der Waals surface area contributed by atoms with E-state index in [0.717, 1.165) is 33.8 Å². The lowest BCUT2D eigenvalue weighted by atomic mass is 9.94. The van der Waals surface area contributed by atoms with Crippen LogP contribution in [0, 0.1) is 5.82 Å². The molecule has 11 heteroatoms. The monoisotopic (exact) mass is 665 g/mol. The van der Waals surface area contributed by atoms with Crippen molar-refractivity contribution < 1.29 is 28.6 Å². The Hall–Kier alpha value is -5.00. The van der Waals surface area contributed by atoms with Crippen LogP contribution >= 0.6 is 23.1 Å². The molecule has 0 unspecified atom stereocenters. The van der Waals surface area contributed by atoms with Crippen molar-refractivity contribution in [3.63, 3.8) is 0 Å². The molecule has 7 rings (SSSR count). The Bertz CT molecular complexity index is 2000. The molecular formula is C36H28FN3O5S2. The van der Waals surface area contributed by atoms with Crippen LogP contribution in [-0.2, 0) is 28.4 Å². The first-order chi connectivity index (χ1) is 22.8. The quantitative estimate of drug-likeness (QED) is 0.0568. The Morgan fingerprint density at radius 3 is 2.62 bits per heavy atom. The molecule has 0 bridgehead atoms. The molecule has 4 aromatic carbocycles. The average Bonchev–Trinajstić information content (AvgIpc) is 3.78. The molecule has 236 valence electrons. The third-order valence-corrected chi connectivity index (χ3v) is 10.0. The number of fused-ring (bicyclic) bond motifs is 1. The molecule has 47 heavy (non-hydrogen) atoms. The lowest BCUT2D eigenvalue weighted by Gasteiger charge is -2.23. The summed E-state index contributed by atoms with van der Waals surface area (Å²) in [5.41, 5.74) is 3.71. The van der Waals surface area contributed by atoms with Crippen LogP contribution in [0.15, 0.2) is 107 Å². The fourth-order valence-corrected chi connectivity index (χ4v) is 7.49. The van der Waals surface area contributed by atoms with E-state index >= 15 is 0 Å². The van der Waals surface area contributed by atoms with Gasteiger partial charge in [-0.1, -0.05) is 77.7 Å². The van der Waals surface area contributed by atoms with Gasteiger partial charge in [-0.2, -0.15) is 0 Å². The van der Waals surface area contributed by atoms with Crippen LogP contribution in [0.3, 0.4) is 0 Å².